The molecule has 3 heterocycles. The van der Waals surface area contributed by atoms with Crippen molar-refractivity contribution in [3.8, 4) is 0 Å². The normalized spacial score (nSPS) is 22.3. The second-order valence-corrected chi connectivity index (χ2v) is 12.5. The van der Waals surface area contributed by atoms with Gasteiger partial charge >= 0.3 is 0 Å². The number of benzene rings is 2. The third-order valence-corrected chi connectivity index (χ3v) is 9.55. The van der Waals surface area contributed by atoms with Gasteiger partial charge in [-0.05, 0) is 93.7 Å². The van der Waals surface area contributed by atoms with Crippen LogP contribution in [0.3, 0.4) is 0 Å². The Morgan fingerprint density at radius 3 is 2.60 bits per heavy atom. The molecule has 0 spiro atoms. The molecule has 4 unspecified atom stereocenters. The molecule has 1 saturated carbocycles. The highest BCUT2D eigenvalue weighted by Gasteiger charge is 2.35. The van der Waals surface area contributed by atoms with Gasteiger partial charge in [-0.15, -0.1) is 11.3 Å². The lowest BCUT2D eigenvalue weighted by molar-refractivity contribution is 0.0733. The molecule has 2 amide bonds. The molecule has 1 aliphatic carbocycles. The maximum atomic E-state index is 13.9. The van der Waals surface area contributed by atoms with Gasteiger partial charge in [0.25, 0.3) is 11.8 Å². The van der Waals surface area contributed by atoms with Crippen LogP contribution in [0.5, 0.6) is 0 Å². The van der Waals surface area contributed by atoms with E-state index in [4.69, 9.17) is 0 Å². The monoisotopic (exact) mass is 558 g/mol. The summed E-state index contributed by atoms with van der Waals surface area (Å²) < 4.78 is 0. The number of aliphatic hydroxyl groups excluding tert-OH is 1. The van der Waals surface area contributed by atoms with Crippen molar-refractivity contribution < 1.29 is 14.7 Å². The molecule has 4 atom stereocenters. The summed E-state index contributed by atoms with van der Waals surface area (Å²) in [7, 11) is 0. The Kier molecular flexibility index (Phi) is 8.01. The maximum absolute atomic E-state index is 13.9. The van der Waals surface area contributed by atoms with Crippen LogP contribution in [0.1, 0.15) is 93.0 Å². The summed E-state index contributed by atoms with van der Waals surface area (Å²) in [5, 5.41) is 20.9. The molecule has 8 heteroatoms. The van der Waals surface area contributed by atoms with E-state index in [0.29, 0.717) is 30.0 Å². The number of likely N-dealkylation sites (tertiary alicyclic amines) is 1. The maximum Gasteiger partial charge on any atom is 0.254 e. The number of aryl methyl sites for hydroxylation is 1. The van der Waals surface area contributed by atoms with Gasteiger partial charge in [-0.2, -0.15) is 0 Å². The van der Waals surface area contributed by atoms with Crippen LogP contribution in [0.4, 0.5) is 0 Å². The van der Waals surface area contributed by atoms with E-state index in [9.17, 15) is 14.7 Å². The number of aliphatic hydroxyl groups is 1. The standard InChI is InChI=1S/C32H38N4O3S/c1-20-19-40-31(34-20)28-10-6-14-36(28)32(39)25-17-23(22-11-12-22)16-24(18-25)30(38)35-27(15-21-7-3-2-4-8-21)29(37)26-9-5-13-33-26/h2-4,7-8,16-19,22,26-29,33,37H,5-6,9-15H2,1H3,(H,35,38). The summed E-state index contributed by atoms with van der Waals surface area (Å²) >= 11 is 1.61. The fourth-order valence-electron chi connectivity index (χ4n) is 6.18. The summed E-state index contributed by atoms with van der Waals surface area (Å²) in [5.41, 5.74) is 4.14. The van der Waals surface area contributed by atoms with E-state index in [1.54, 1.807) is 17.4 Å². The number of amides is 2. The first-order chi connectivity index (χ1) is 19.5. The number of nitrogens with zero attached hydrogens (tertiary/aromatic N) is 2. The first-order valence-electron chi connectivity index (χ1n) is 14.6. The van der Waals surface area contributed by atoms with Crippen molar-refractivity contribution >= 4 is 23.2 Å². The number of aromatic nitrogens is 1. The summed E-state index contributed by atoms with van der Waals surface area (Å²) in [6.45, 7) is 3.55. The molecule has 2 aromatic carbocycles. The number of thiazole rings is 1. The highest BCUT2D eigenvalue weighted by molar-refractivity contribution is 7.09. The van der Waals surface area contributed by atoms with Gasteiger partial charge in [0.1, 0.15) is 5.01 Å². The van der Waals surface area contributed by atoms with Gasteiger partial charge in [-0.1, -0.05) is 30.3 Å². The number of hydrogen-bond acceptors (Lipinski definition) is 6. The minimum absolute atomic E-state index is 0.0163. The fourth-order valence-corrected chi connectivity index (χ4v) is 7.12. The lowest BCUT2D eigenvalue weighted by Crippen LogP contribution is -2.52. The summed E-state index contributed by atoms with van der Waals surface area (Å²) in [6, 6.07) is 15.1. The average Bonchev–Trinajstić information content (AvgIpc) is 3.32. The van der Waals surface area contributed by atoms with Crippen LogP contribution in [0.25, 0.3) is 0 Å². The third-order valence-electron chi connectivity index (χ3n) is 8.49. The molecule has 0 bridgehead atoms. The van der Waals surface area contributed by atoms with Gasteiger partial charge < -0.3 is 20.6 Å². The van der Waals surface area contributed by atoms with Crippen LogP contribution < -0.4 is 10.6 Å². The van der Waals surface area contributed by atoms with Crippen LogP contribution in [0, 0.1) is 6.92 Å². The van der Waals surface area contributed by atoms with Crippen LogP contribution in [0.15, 0.2) is 53.9 Å². The van der Waals surface area contributed by atoms with Crippen molar-refractivity contribution in [1.82, 2.24) is 20.5 Å². The Bertz CT molecular complexity index is 1350. The molecule has 6 rings (SSSR count). The van der Waals surface area contributed by atoms with E-state index >= 15 is 0 Å². The Labute approximate surface area is 240 Å². The summed E-state index contributed by atoms with van der Waals surface area (Å²) in [5.74, 6) is 0.106. The van der Waals surface area contributed by atoms with Crippen molar-refractivity contribution in [3.63, 3.8) is 0 Å². The van der Waals surface area contributed by atoms with Gasteiger partial charge in [0.2, 0.25) is 0 Å². The Hall–Kier alpha value is -3.07. The first-order valence-corrected chi connectivity index (χ1v) is 15.5. The topological polar surface area (TPSA) is 94.6 Å². The van der Waals surface area contributed by atoms with Gasteiger partial charge in [-0.3, -0.25) is 9.59 Å². The Morgan fingerprint density at radius 1 is 1.10 bits per heavy atom. The first kappa shape index (κ1) is 27.1. The van der Waals surface area contributed by atoms with Crippen molar-refractivity contribution in [2.75, 3.05) is 13.1 Å². The highest BCUT2D eigenvalue weighted by Crippen LogP contribution is 2.41. The largest absolute Gasteiger partial charge is 0.389 e. The molecule has 40 heavy (non-hydrogen) atoms. The van der Waals surface area contributed by atoms with Crippen molar-refractivity contribution in [3.05, 3.63) is 86.9 Å². The van der Waals surface area contributed by atoms with Crippen LogP contribution in [0.2, 0.25) is 0 Å². The summed E-state index contributed by atoms with van der Waals surface area (Å²) in [6.07, 6.45) is 5.71. The Balaban J connectivity index is 1.26. The second-order valence-electron chi connectivity index (χ2n) is 11.6. The van der Waals surface area contributed by atoms with Gasteiger partial charge in [0.15, 0.2) is 0 Å². The van der Waals surface area contributed by atoms with E-state index in [1.807, 2.05) is 59.7 Å². The zero-order chi connectivity index (χ0) is 27.6. The minimum Gasteiger partial charge on any atom is -0.389 e. The SMILES string of the molecule is Cc1csc(C2CCCN2C(=O)c2cc(C(=O)NC(Cc3ccccc3)C(O)C3CCCN3)cc(C3CC3)c2)n1. The van der Waals surface area contributed by atoms with Gasteiger partial charge in [0, 0.05) is 34.8 Å². The molecule has 0 radical (unpaired) electrons. The fraction of sp³-hybridized carbons (Fsp3) is 0.469. The quantitative estimate of drug-likeness (QED) is 0.352. The number of rotatable bonds is 9. The molecule has 3 aromatic rings. The van der Waals surface area contributed by atoms with E-state index in [-0.39, 0.29) is 23.9 Å². The number of hydrogen-bond donors (Lipinski definition) is 3. The molecule has 1 aromatic heterocycles. The average molecular weight is 559 g/mol. The molecular formula is C32H38N4O3S. The molecule has 7 nitrogen and oxygen atoms in total. The smallest absolute Gasteiger partial charge is 0.254 e. The number of carbonyl (C=O) groups is 2. The van der Waals surface area contributed by atoms with E-state index in [2.05, 4.69) is 15.6 Å². The van der Waals surface area contributed by atoms with Gasteiger partial charge in [-0.25, -0.2) is 4.98 Å². The molecule has 3 N–H and O–H groups in total. The van der Waals surface area contributed by atoms with Crippen LogP contribution >= 0.6 is 11.3 Å². The molecular weight excluding hydrogens is 520 g/mol. The zero-order valence-corrected chi connectivity index (χ0v) is 23.8. The molecule has 3 aliphatic rings. The predicted molar refractivity (Wildman–Crippen MR) is 157 cm³/mol. The van der Waals surface area contributed by atoms with E-state index < -0.39 is 12.1 Å². The Morgan fingerprint density at radius 2 is 1.90 bits per heavy atom. The van der Waals surface area contributed by atoms with Gasteiger partial charge in [0.05, 0.1) is 18.2 Å². The number of nitrogens with one attached hydrogen (secondary N) is 2. The van der Waals surface area contributed by atoms with Crippen LogP contribution in [-0.4, -0.2) is 58.1 Å². The molecule has 2 aliphatic heterocycles. The zero-order valence-electron chi connectivity index (χ0n) is 23.0. The lowest BCUT2D eigenvalue weighted by atomic mass is 9.94. The van der Waals surface area contributed by atoms with Crippen LogP contribution in [-0.2, 0) is 6.42 Å². The number of carbonyl (C=O) groups excluding carboxylic acids is 2. The van der Waals surface area contributed by atoms with E-state index in [1.165, 1.54) is 0 Å². The molecule has 3 fully saturated rings. The van der Waals surface area contributed by atoms with Crippen molar-refractivity contribution in [2.24, 2.45) is 0 Å². The van der Waals surface area contributed by atoms with E-state index in [0.717, 1.165) is 66.9 Å². The summed E-state index contributed by atoms with van der Waals surface area (Å²) in [4.78, 5) is 34.2. The third kappa shape index (κ3) is 5.99. The van der Waals surface area contributed by atoms with Crippen molar-refractivity contribution in [2.45, 2.75) is 82.0 Å². The second kappa shape index (κ2) is 11.8. The molecule has 2 saturated heterocycles. The predicted octanol–water partition coefficient (Wildman–Crippen LogP) is 4.76. The minimum atomic E-state index is -0.716. The highest BCUT2D eigenvalue weighted by atomic mass is 32.1. The lowest BCUT2D eigenvalue weighted by Gasteiger charge is -2.29. The molecule has 210 valence electrons. The van der Waals surface area contributed by atoms with Crippen molar-refractivity contribution in [1.29, 1.82) is 0 Å².